The summed E-state index contributed by atoms with van der Waals surface area (Å²) in [4.78, 5) is 48.1. The number of carbonyl (C=O) groups is 4. The third-order valence-electron chi connectivity index (χ3n) is 6.72. The Kier molecular flexibility index (Phi) is 7.05. The van der Waals surface area contributed by atoms with Crippen molar-refractivity contribution in [2.24, 2.45) is 0 Å². The number of ketones is 2. The van der Waals surface area contributed by atoms with Crippen molar-refractivity contribution in [3.63, 3.8) is 0 Å². The Labute approximate surface area is 234 Å². The Morgan fingerprint density at radius 2 is 1.00 bits per heavy atom. The van der Waals surface area contributed by atoms with Gasteiger partial charge in [0.25, 0.3) is 0 Å². The molecule has 0 radical (unpaired) electrons. The van der Waals surface area contributed by atoms with E-state index in [4.69, 9.17) is 4.74 Å². The molecule has 41 heavy (non-hydrogen) atoms. The van der Waals surface area contributed by atoms with Crippen molar-refractivity contribution in [2.45, 2.75) is 0 Å². The molecule has 0 saturated carbocycles. The van der Waals surface area contributed by atoms with Crippen molar-refractivity contribution in [2.75, 3.05) is 7.11 Å². The molecule has 0 bridgehead atoms. The number of carbonyl (C=O) groups excluding carboxylic acids is 3. The topological polar surface area (TPSA) is 138 Å². The van der Waals surface area contributed by atoms with Gasteiger partial charge in [0.05, 0.1) is 7.11 Å². The van der Waals surface area contributed by atoms with Crippen LogP contribution in [0.15, 0.2) is 108 Å². The molecule has 4 aromatic carbocycles. The van der Waals surface area contributed by atoms with E-state index >= 15 is 0 Å². The number of carboxylic acids is 1. The Morgan fingerprint density at radius 1 is 0.585 bits per heavy atom. The summed E-state index contributed by atoms with van der Waals surface area (Å²) in [6.45, 7) is 0. The van der Waals surface area contributed by atoms with Gasteiger partial charge in [-0.2, -0.15) is 0 Å². The maximum absolute atomic E-state index is 12.5. The van der Waals surface area contributed by atoms with Crippen molar-refractivity contribution < 1.29 is 39.2 Å². The van der Waals surface area contributed by atoms with Gasteiger partial charge in [-0.3, -0.25) is 9.59 Å². The standard InChI is InChI=1S/C17H12O4.C16H10O4/c1-21-17(20)15-14(10-5-3-2-4-6-10)12-8-7-11(18)9-13(12)16(15)19;17-10-6-7-11-12(8-10)15(18)14(16(19)20)13(11)9-4-2-1-3-5-9/h2-9,18H,1H3;1-8,17H,(H,19,20). The summed E-state index contributed by atoms with van der Waals surface area (Å²) >= 11 is 0. The lowest BCUT2D eigenvalue weighted by Crippen LogP contribution is -2.12. The highest BCUT2D eigenvalue weighted by Crippen LogP contribution is 2.40. The lowest BCUT2D eigenvalue weighted by atomic mass is 9.97. The number of Topliss-reactive ketones (excluding diaryl/α,β-unsaturated/α-hetero) is 2. The number of rotatable bonds is 4. The maximum atomic E-state index is 12.5. The Balaban J connectivity index is 0.000000165. The monoisotopic (exact) mass is 546 g/mol. The van der Waals surface area contributed by atoms with E-state index in [0.717, 1.165) is 5.56 Å². The van der Waals surface area contributed by atoms with Crippen LogP contribution in [0.4, 0.5) is 0 Å². The molecule has 6 rings (SSSR count). The van der Waals surface area contributed by atoms with Gasteiger partial charge < -0.3 is 20.1 Å². The van der Waals surface area contributed by atoms with Crippen molar-refractivity contribution in [3.05, 3.63) is 142 Å². The van der Waals surface area contributed by atoms with E-state index in [1.807, 2.05) is 36.4 Å². The number of methoxy groups -OCH3 is 1. The minimum atomic E-state index is -1.26. The van der Waals surface area contributed by atoms with Gasteiger partial charge in [-0.25, -0.2) is 9.59 Å². The molecule has 0 atom stereocenters. The van der Waals surface area contributed by atoms with Gasteiger partial charge in [-0.15, -0.1) is 0 Å². The molecule has 8 nitrogen and oxygen atoms in total. The minimum Gasteiger partial charge on any atom is -0.508 e. The SMILES string of the molecule is COC(=O)C1=C(c2ccccc2)c2ccc(O)cc2C1=O.O=C(O)C1=C(c2ccccc2)c2ccc(O)cc2C1=O. The van der Waals surface area contributed by atoms with Crippen molar-refractivity contribution in [1.82, 2.24) is 0 Å². The van der Waals surface area contributed by atoms with Crippen LogP contribution in [0.5, 0.6) is 11.5 Å². The normalized spacial score (nSPS) is 13.4. The second kappa shape index (κ2) is 10.8. The number of aliphatic carboxylic acids is 1. The number of aromatic hydroxyl groups is 2. The minimum absolute atomic E-state index is 0.00398. The van der Waals surface area contributed by atoms with Gasteiger partial charge in [0.1, 0.15) is 22.6 Å². The molecule has 0 fully saturated rings. The Hall–Kier alpha value is -5.76. The summed E-state index contributed by atoms with van der Waals surface area (Å²) in [5, 5.41) is 28.4. The predicted molar refractivity (Wildman–Crippen MR) is 149 cm³/mol. The zero-order valence-corrected chi connectivity index (χ0v) is 21.6. The number of phenolic OH excluding ortho intramolecular Hbond substituents is 2. The van der Waals surface area contributed by atoms with E-state index < -0.39 is 23.5 Å². The van der Waals surface area contributed by atoms with Gasteiger partial charge in [-0.1, -0.05) is 60.7 Å². The third-order valence-corrected chi connectivity index (χ3v) is 6.72. The fraction of sp³-hybridized carbons (Fsp3) is 0.0303. The molecule has 202 valence electrons. The number of fused-ring (bicyclic) bond motifs is 2. The van der Waals surface area contributed by atoms with Crippen LogP contribution in [0.2, 0.25) is 0 Å². The second-order valence-corrected chi connectivity index (χ2v) is 9.15. The average molecular weight is 547 g/mol. The lowest BCUT2D eigenvalue weighted by molar-refractivity contribution is -0.135. The zero-order valence-electron chi connectivity index (χ0n) is 21.6. The molecule has 2 aliphatic carbocycles. The molecular formula is C33H22O8. The second-order valence-electron chi connectivity index (χ2n) is 9.15. The largest absolute Gasteiger partial charge is 0.508 e. The average Bonchev–Trinajstić information content (AvgIpc) is 3.44. The number of ether oxygens (including phenoxy) is 1. The van der Waals surface area contributed by atoms with Crippen LogP contribution in [-0.2, 0) is 14.3 Å². The predicted octanol–water partition coefficient (Wildman–Crippen LogP) is 5.04. The van der Waals surface area contributed by atoms with Crippen LogP contribution in [0.25, 0.3) is 11.1 Å². The number of carboxylic acid groups (broad SMARTS) is 1. The third kappa shape index (κ3) is 4.79. The summed E-state index contributed by atoms with van der Waals surface area (Å²) in [5.74, 6) is -3.00. The van der Waals surface area contributed by atoms with Crippen LogP contribution in [-0.4, -0.2) is 45.9 Å². The lowest BCUT2D eigenvalue weighted by Gasteiger charge is -2.07. The molecule has 0 spiro atoms. The van der Waals surface area contributed by atoms with Gasteiger partial charge in [0.15, 0.2) is 0 Å². The first kappa shape index (κ1) is 26.8. The molecule has 3 N–H and O–H groups in total. The molecule has 0 unspecified atom stereocenters. The van der Waals surface area contributed by atoms with Crippen LogP contribution in [0, 0.1) is 0 Å². The van der Waals surface area contributed by atoms with Gasteiger partial charge in [0, 0.05) is 22.3 Å². The van der Waals surface area contributed by atoms with E-state index in [9.17, 15) is 34.5 Å². The quantitative estimate of drug-likeness (QED) is 0.239. The van der Waals surface area contributed by atoms with E-state index in [2.05, 4.69) is 0 Å². The number of phenols is 2. The van der Waals surface area contributed by atoms with Crippen LogP contribution >= 0.6 is 0 Å². The number of benzene rings is 4. The molecule has 0 amide bonds. The van der Waals surface area contributed by atoms with E-state index in [-0.39, 0.29) is 28.2 Å². The van der Waals surface area contributed by atoms with Crippen LogP contribution < -0.4 is 0 Å². The van der Waals surface area contributed by atoms with Crippen LogP contribution in [0.1, 0.15) is 43.0 Å². The van der Waals surface area contributed by atoms with Crippen LogP contribution in [0.3, 0.4) is 0 Å². The highest BCUT2D eigenvalue weighted by molar-refractivity contribution is 6.35. The molecule has 0 aromatic heterocycles. The van der Waals surface area contributed by atoms with Crippen molar-refractivity contribution in [3.8, 4) is 11.5 Å². The van der Waals surface area contributed by atoms with Crippen molar-refractivity contribution >= 4 is 34.7 Å². The Bertz CT molecular complexity index is 1800. The molecular weight excluding hydrogens is 524 g/mol. The molecule has 0 aliphatic heterocycles. The van der Waals surface area contributed by atoms with E-state index in [1.165, 1.54) is 31.4 Å². The molecule has 2 aliphatic rings. The number of hydrogen-bond donors (Lipinski definition) is 3. The molecule has 4 aromatic rings. The summed E-state index contributed by atoms with van der Waals surface area (Å²) in [6.07, 6.45) is 0. The van der Waals surface area contributed by atoms with E-state index in [0.29, 0.717) is 33.4 Å². The summed E-state index contributed by atoms with van der Waals surface area (Å²) in [5.41, 5.74) is 3.83. The summed E-state index contributed by atoms with van der Waals surface area (Å²) in [7, 11) is 1.24. The smallest absolute Gasteiger partial charge is 0.342 e. The summed E-state index contributed by atoms with van der Waals surface area (Å²) in [6, 6.07) is 26.9. The zero-order chi connectivity index (χ0) is 29.3. The maximum Gasteiger partial charge on any atom is 0.342 e. The number of hydrogen-bond acceptors (Lipinski definition) is 7. The highest BCUT2D eigenvalue weighted by Gasteiger charge is 2.36. The van der Waals surface area contributed by atoms with Gasteiger partial charge in [-0.05, 0) is 58.7 Å². The first-order chi connectivity index (χ1) is 19.7. The molecule has 0 saturated heterocycles. The highest BCUT2D eigenvalue weighted by atomic mass is 16.5. The van der Waals surface area contributed by atoms with Crippen molar-refractivity contribution in [1.29, 1.82) is 0 Å². The summed E-state index contributed by atoms with van der Waals surface area (Å²) < 4.78 is 4.74. The first-order valence-electron chi connectivity index (χ1n) is 12.4. The van der Waals surface area contributed by atoms with Gasteiger partial charge in [0.2, 0.25) is 11.6 Å². The molecule has 0 heterocycles. The fourth-order valence-corrected chi connectivity index (χ4v) is 4.95. The van der Waals surface area contributed by atoms with Gasteiger partial charge >= 0.3 is 11.9 Å². The molecule has 8 heteroatoms. The number of esters is 1. The first-order valence-corrected chi connectivity index (χ1v) is 12.4. The Morgan fingerprint density at radius 3 is 1.41 bits per heavy atom. The van der Waals surface area contributed by atoms with E-state index in [1.54, 1.807) is 36.4 Å². The fourth-order valence-electron chi connectivity index (χ4n) is 4.95.